The van der Waals surface area contributed by atoms with Crippen molar-refractivity contribution in [2.45, 2.75) is 58.8 Å². The van der Waals surface area contributed by atoms with E-state index >= 15 is 0 Å². The number of alkyl carbamates (subject to hydrolysis) is 1. The van der Waals surface area contributed by atoms with E-state index in [2.05, 4.69) is 5.32 Å². The maximum Gasteiger partial charge on any atom is 0.410 e. The van der Waals surface area contributed by atoms with Crippen molar-refractivity contribution in [3.63, 3.8) is 0 Å². The normalized spacial score (nSPS) is 17.5. The van der Waals surface area contributed by atoms with Gasteiger partial charge in [0, 0.05) is 25.6 Å². The fourth-order valence-corrected chi connectivity index (χ4v) is 1.90. The molecular weight excluding hydrogens is 288 g/mol. The van der Waals surface area contributed by atoms with Gasteiger partial charge < -0.3 is 24.8 Å². The van der Waals surface area contributed by atoms with Crippen molar-refractivity contribution in [2.75, 3.05) is 19.6 Å². The van der Waals surface area contributed by atoms with Gasteiger partial charge in [-0.2, -0.15) is 0 Å². The van der Waals surface area contributed by atoms with E-state index in [0.29, 0.717) is 13.1 Å². The zero-order valence-electron chi connectivity index (χ0n) is 14.3. The van der Waals surface area contributed by atoms with Crippen LogP contribution in [-0.4, -0.2) is 59.1 Å². The lowest BCUT2D eigenvalue weighted by Crippen LogP contribution is -2.57. The fraction of sp³-hybridized carbons (Fsp3) is 0.867. The van der Waals surface area contributed by atoms with E-state index in [0.717, 1.165) is 0 Å². The zero-order valence-corrected chi connectivity index (χ0v) is 14.3. The fourth-order valence-electron chi connectivity index (χ4n) is 1.90. The average molecular weight is 316 g/mol. The minimum absolute atomic E-state index is 0.0672. The second kappa shape index (κ2) is 6.73. The van der Waals surface area contributed by atoms with E-state index in [1.54, 1.807) is 20.8 Å². The molecule has 1 rings (SSSR count). The number of aliphatic hydroxyl groups is 1. The molecule has 0 spiro atoms. The van der Waals surface area contributed by atoms with Gasteiger partial charge in [-0.3, -0.25) is 0 Å². The van der Waals surface area contributed by atoms with Crippen LogP contribution in [-0.2, 0) is 9.47 Å². The molecule has 22 heavy (non-hydrogen) atoms. The molecule has 0 bridgehead atoms. The van der Waals surface area contributed by atoms with Crippen molar-refractivity contribution < 1.29 is 24.2 Å². The SMILES string of the molecule is CC(C)(C)OC(=O)NCC(O)C1CN(C(=O)OC(C)(C)C)C1. The van der Waals surface area contributed by atoms with Crippen LogP contribution in [0.15, 0.2) is 0 Å². The number of hydrogen-bond donors (Lipinski definition) is 2. The highest BCUT2D eigenvalue weighted by atomic mass is 16.6. The lowest BCUT2D eigenvalue weighted by Gasteiger charge is -2.41. The lowest BCUT2D eigenvalue weighted by molar-refractivity contribution is -0.0309. The molecular formula is C15H28N2O5. The van der Waals surface area contributed by atoms with E-state index in [4.69, 9.17) is 9.47 Å². The summed E-state index contributed by atoms with van der Waals surface area (Å²) in [5, 5.41) is 12.5. The molecule has 1 unspecified atom stereocenters. The summed E-state index contributed by atoms with van der Waals surface area (Å²) in [6.07, 6.45) is -1.66. The predicted molar refractivity (Wildman–Crippen MR) is 81.5 cm³/mol. The van der Waals surface area contributed by atoms with Gasteiger partial charge in [-0.15, -0.1) is 0 Å². The van der Waals surface area contributed by atoms with Gasteiger partial charge in [-0.1, -0.05) is 0 Å². The standard InChI is InChI=1S/C15H28N2O5/c1-14(2,3)21-12(19)16-7-11(18)10-8-17(9-10)13(20)22-15(4,5)6/h10-11,18H,7-9H2,1-6H3,(H,16,19). The summed E-state index contributed by atoms with van der Waals surface area (Å²) in [4.78, 5) is 24.8. The Kier molecular flexibility index (Phi) is 5.67. The number of carbonyl (C=O) groups excluding carboxylic acids is 2. The molecule has 7 heteroatoms. The number of hydrogen-bond acceptors (Lipinski definition) is 5. The number of carbonyl (C=O) groups is 2. The monoisotopic (exact) mass is 316 g/mol. The molecule has 0 aromatic rings. The Morgan fingerprint density at radius 3 is 2.09 bits per heavy atom. The Labute approximate surface area is 131 Å². The number of nitrogens with one attached hydrogen (secondary N) is 1. The smallest absolute Gasteiger partial charge is 0.410 e. The molecule has 1 fully saturated rings. The first-order chi connectivity index (χ1) is 9.87. The van der Waals surface area contributed by atoms with Gasteiger partial charge in [0.05, 0.1) is 6.10 Å². The maximum absolute atomic E-state index is 11.8. The summed E-state index contributed by atoms with van der Waals surface area (Å²) in [6, 6.07) is 0. The third-order valence-corrected chi connectivity index (χ3v) is 2.96. The molecule has 0 saturated carbocycles. The number of ether oxygens (including phenoxy) is 2. The second-order valence-electron chi connectivity index (χ2n) is 7.60. The Morgan fingerprint density at radius 2 is 1.64 bits per heavy atom. The van der Waals surface area contributed by atoms with Crippen LogP contribution in [0.4, 0.5) is 9.59 Å². The molecule has 1 aliphatic rings. The Hall–Kier alpha value is -1.50. The Bertz CT molecular complexity index is 402. The van der Waals surface area contributed by atoms with E-state index in [1.807, 2.05) is 20.8 Å². The first kappa shape index (κ1) is 18.5. The highest BCUT2D eigenvalue weighted by molar-refractivity contribution is 5.69. The summed E-state index contributed by atoms with van der Waals surface area (Å²) in [6.45, 7) is 11.7. The number of likely N-dealkylation sites (tertiary alicyclic amines) is 1. The molecule has 0 aromatic heterocycles. The molecule has 1 aliphatic heterocycles. The van der Waals surface area contributed by atoms with Gasteiger partial charge >= 0.3 is 12.2 Å². The molecule has 2 N–H and O–H groups in total. The van der Waals surface area contributed by atoms with Crippen LogP contribution >= 0.6 is 0 Å². The molecule has 0 radical (unpaired) electrons. The summed E-state index contributed by atoms with van der Waals surface area (Å²) in [7, 11) is 0. The minimum atomic E-state index is -0.716. The summed E-state index contributed by atoms with van der Waals surface area (Å²) in [5.41, 5.74) is -1.10. The quantitative estimate of drug-likeness (QED) is 0.828. The van der Waals surface area contributed by atoms with Crippen LogP contribution in [0.25, 0.3) is 0 Å². The third kappa shape index (κ3) is 6.51. The van der Waals surface area contributed by atoms with Gasteiger partial charge in [-0.05, 0) is 41.5 Å². The Morgan fingerprint density at radius 1 is 1.14 bits per heavy atom. The molecule has 128 valence electrons. The van der Waals surface area contributed by atoms with Gasteiger partial charge in [0.1, 0.15) is 11.2 Å². The van der Waals surface area contributed by atoms with Gasteiger partial charge in [-0.25, -0.2) is 9.59 Å². The summed E-state index contributed by atoms with van der Waals surface area (Å²) in [5.74, 6) is -0.0672. The van der Waals surface area contributed by atoms with Gasteiger partial charge in [0.15, 0.2) is 0 Å². The number of aliphatic hydroxyl groups excluding tert-OH is 1. The van der Waals surface area contributed by atoms with Crippen molar-refractivity contribution in [1.82, 2.24) is 10.2 Å². The van der Waals surface area contributed by atoms with E-state index < -0.39 is 23.4 Å². The van der Waals surface area contributed by atoms with Gasteiger partial charge in [0.25, 0.3) is 0 Å². The second-order valence-corrected chi connectivity index (χ2v) is 7.60. The Balaban J connectivity index is 2.26. The summed E-state index contributed by atoms with van der Waals surface area (Å²) >= 11 is 0. The number of rotatable bonds is 3. The first-order valence-electron chi connectivity index (χ1n) is 7.50. The largest absolute Gasteiger partial charge is 0.444 e. The van der Waals surface area contributed by atoms with E-state index in [1.165, 1.54) is 4.90 Å². The lowest BCUT2D eigenvalue weighted by atomic mass is 9.94. The van der Waals surface area contributed by atoms with Crippen molar-refractivity contribution >= 4 is 12.2 Å². The van der Waals surface area contributed by atoms with Gasteiger partial charge in [0.2, 0.25) is 0 Å². The molecule has 0 aliphatic carbocycles. The number of amides is 2. The van der Waals surface area contributed by atoms with Crippen LogP contribution in [0, 0.1) is 5.92 Å². The van der Waals surface area contributed by atoms with Crippen molar-refractivity contribution in [3.8, 4) is 0 Å². The zero-order chi connectivity index (χ0) is 17.1. The van der Waals surface area contributed by atoms with Crippen molar-refractivity contribution in [3.05, 3.63) is 0 Å². The average Bonchev–Trinajstić information content (AvgIpc) is 2.18. The number of nitrogens with zero attached hydrogens (tertiary/aromatic N) is 1. The molecule has 2 amide bonds. The van der Waals surface area contributed by atoms with Crippen LogP contribution in [0.1, 0.15) is 41.5 Å². The minimum Gasteiger partial charge on any atom is -0.444 e. The van der Waals surface area contributed by atoms with Crippen molar-refractivity contribution in [1.29, 1.82) is 0 Å². The van der Waals surface area contributed by atoms with Crippen LogP contribution < -0.4 is 5.32 Å². The van der Waals surface area contributed by atoms with Crippen LogP contribution in [0.2, 0.25) is 0 Å². The highest BCUT2D eigenvalue weighted by Crippen LogP contribution is 2.22. The van der Waals surface area contributed by atoms with Crippen LogP contribution in [0.3, 0.4) is 0 Å². The third-order valence-electron chi connectivity index (χ3n) is 2.96. The van der Waals surface area contributed by atoms with E-state index in [9.17, 15) is 14.7 Å². The van der Waals surface area contributed by atoms with E-state index in [-0.39, 0.29) is 18.6 Å². The summed E-state index contributed by atoms with van der Waals surface area (Å²) < 4.78 is 10.3. The molecule has 0 aromatic carbocycles. The molecule has 1 heterocycles. The van der Waals surface area contributed by atoms with Crippen molar-refractivity contribution in [2.24, 2.45) is 5.92 Å². The molecule has 1 atom stereocenters. The van der Waals surface area contributed by atoms with Crippen LogP contribution in [0.5, 0.6) is 0 Å². The topological polar surface area (TPSA) is 88.1 Å². The predicted octanol–water partition coefficient (Wildman–Crippen LogP) is 1.74. The maximum atomic E-state index is 11.8. The highest BCUT2D eigenvalue weighted by Gasteiger charge is 2.37. The molecule has 7 nitrogen and oxygen atoms in total. The molecule has 1 saturated heterocycles. The first-order valence-corrected chi connectivity index (χ1v) is 7.50.